The molecule has 2 nitrogen and oxygen atoms in total. The third kappa shape index (κ3) is 4.64. The van der Waals surface area contributed by atoms with E-state index in [0.29, 0.717) is 0 Å². The molecule has 11 aromatic carbocycles. The second-order valence-corrected chi connectivity index (χ2v) is 19.4. The van der Waals surface area contributed by atoms with Crippen molar-refractivity contribution in [1.82, 2.24) is 0 Å². The highest BCUT2D eigenvalue weighted by Crippen LogP contribution is 2.67. The first-order chi connectivity index (χ1) is 34.7. The summed E-state index contributed by atoms with van der Waals surface area (Å²) in [6, 6.07) is 93.1. The van der Waals surface area contributed by atoms with E-state index in [4.69, 9.17) is 4.42 Å². The molecule has 2 spiro atoms. The molecule has 324 valence electrons. The Hall–Kier alpha value is -8.98. The Kier molecular flexibility index (Phi) is 7.51. The van der Waals surface area contributed by atoms with Gasteiger partial charge in [-0.2, -0.15) is 0 Å². The number of anilines is 3. The number of benzene rings is 11. The number of hydrogen-bond donors (Lipinski definition) is 0. The van der Waals surface area contributed by atoms with Crippen molar-refractivity contribution in [1.29, 1.82) is 0 Å². The Morgan fingerprint density at radius 3 is 1.39 bits per heavy atom. The van der Waals surface area contributed by atoms with Gasteiger partial charge in [0, 0.05) is 16.6 Å². The van der Waals surface area contributed by atoms with E-state index in [9.17, 15) is 0 Å². The van der Waals surface area contributed by atoms with Gasteiger partial charge in [0.15, 0.2) is 0 Å². The van der Waals surface area contributed by atoms with Crippen molar-refractivity contribution in [3.8, 4) is 55.6 Å². The van der Waals surface area contributed by atoms with Crippen LogP contribution in [0, 0.1) is 0 Å². The molecule has 0 radical (unpaired) electrons. The Balaban J connectivity index is 1.04. The fourth-order valence-electron chi connectivity index (χ4n) is 13.7. The smallest absolute Gasteiger partial charge is 0.137 e. The van der Waals surface area contributed by atoms with Crippen molar-refractivity contribution >= 4 is 39.0 Å². The van der Waals surface area contributed by atoms with E-state index in [2.05, 4.69) is 254 Å². The van der Waals surface area contributed by atoms with Gasteiger partial charge in [-0.1, -0.05) is 206 Å². The molecule has 0 unspecified atom stereocenters. The first-order valence-corrected chi connectivity index (χ1v) is 24.4. The normalized spacial score (nSPS) is 14.2. The van der Waals surface area contributed by atoms with Gasteiger partial charge in [0.25, 0.3) is 0 Å². The number of nitrogens with zero attached hydrogens (tertiary/aromatic N) is 1. The molecule has 1 aromatic heterocycles. The van der Waals surface area contributed by atoms with Crippen LogP contribution in [0.15, 0.2) is 253 Å². The van der Waals surface area contributed by atoms with Gasteiger partial charge in [-0.05, 0) is 137 Å². The van der Waals surface area contributed by atoms with E-state index in [1.807, 2.05) is 0 Å². The SMILES string of the molecule is c1ccc(-c2ccc3c(c2)C2(c4ccccc4-c4ccccc42)c2cc(N(c4cccc5c4C4(c6ccccc6-c6ccccc64)c4ccccc4-5)c4cccc5oc6ccccc6c45)ccc2-3)cc1. The standard InChI is InChI=1S/C68H41NO/c1-2-18-42(19-3-1)43-36-38-50-51-39-37-44(41-60(51)67(59(50)40-43)54-27-10-4-20-45(54)46-21-5-11-28-55(46)67)69(61-32-17-35-64-65(61)53-25-9-15-34-63(53)70-64)62-33-16-26-52-49-24-8-14-31-58(49)68(66(52)62)56-29-12-6-22-47(56)48-23-7-13-30-57(48)68/h1-41H. The third-order valence-electron chi connectivity index (χ3n) is 16.3. The Morgan fingerprint density at radius 2 is 0.743 bits per heavy atom. The molecular formula is C68H41NO. The average Bonchev–Trinajstić information content (AvgIpc) is 4.20. The molecule has 16 rings (SSSR count). The second kappa shape index (κ2) is 13.8. The third-order valence-corrected chi connectivity index (χ3v) is 16.3. The summed E-state index contributed by atoms with van der Waals surface area (Å²) in [6.07, 6.45) is 0. The lowest BCUT2D eigenvalue weighted by Gasteiger charge is -2.36. The minimum absolute atomic E-state index is 0.571. The van der Waals surface area contributed by atoms with Gasteiger partial charge in [-0.25, -0.2) is 0 Å². The fraction of sp³-hybridized carbons (Fsp3) is 0.0294. The highest BCUT2D eigenvalue weighted by molar-refractivity contribution is 6.14. The van der Waals surface area contributed by atoms with Crippen LogP contribution in [0.5, 0.6) is 0 Å². The first-order valence-electron chi connectivity index (χ1n) is 24.4. The minimum atomic E-state index is -0.578. The lowest BCUT2D eigenvalue weighted by Crippen LogP contribution is -2.28. The van der Waals surface area contributed by atoms with Gasteiger partial charge in [-0.3, -0.25) is 0 Å². The van der Waals surface area contributed by atoms with Crippen LogP contribution in [-0.4, -0.2) is 0 Å². The summed E-state index contributed by atoms with van der Waals surface area (Å²) in [4.78, 5) is 2.58. The van der Waals surface area contributed by atoms with Crippen LogP contribution in [0.2, 0.25) is 0 Å². The summed E-state index contributed by atoms with van der Waals surface area (Å²) in [5, 5.41) is 2.19. The number of para-hydroxylation sites is 1. The lowest BCUT2D eigenvalue weighted by atomic mass is 9.69. The Labute approximate surface area is 406 Å². The predicted octanol–water partition coefficient (Wildman–Crippen LogP) is 17.4. The van der Waals surface area contributed by atoms with Crippen molar-refractivity contribution in [2.24, 2.45) is 0 Å². The zero-order chi connectivity index (χ0) is 45.7. The molecule has 4 aliphatic rings. The van der Waals surface area contributed by atoms with Crippen molar-refractivity contribution < 1.29 is 4.42 Å². The molecule has 70 heavy (non-hydrogen) atoms. The van der Waals surface area contributed by atoms with Crippen LogP contribution in [0.4, 0.5) is 17.1 Å². The lowest BCUT2D eigenvalue weighted by molar-refractivity contribution is 0.669. The molecule has 0 bridgehead atoms. The maximum absolute atomic E-state index is 6.74. The maximum atomic E-state index is 6.74. The van der Waals surface area contributed by atoms with Crippen LogP contribution < -0.4 is 4.90 Å². The summed E-state index contributed by atoms with van der Waals surface area (Å²) >= 11 is 0. The quantitative estimate of drug-likeness (QED) is 0.175. The van der Waals surface area contributed by atoms with Gasteiger partial charge in [0.1, 0.15) is 11.2 Å². The van der Waals surface area contributed by atoms with Crippen LogP contribution in [0.3, 0.4) is 0 Å². The van der Waals surface area contributed by atoms with Gasteiger partial charge < -0.3 is 9.32 Å². The topological polar surface area (TPSA) is 16.4 Å². The first kappa shape index (κ1) is 38.0. The van der Waals surface area contributed by atoms with E-state index < -0.39 is 10.8 Å². The maximum Gasteiger partial charge on any atom is 0.137 e. The van der Waals surface area contributed by atoms with Crippen molar-refractivity contribution in [2.45, 2.75) is 10.8 Å². The Bertz CT molecular complexity index is 4100. The fourth-order valence-corrected chi connectivity index (χ4v) is 13.7. The molecule has 0 aliphatic heterocycles. The number of fused-ring (bicyclic) bond motifs is 23. The number of furan rings is 1. The van der Waals surface area contributed by atoms with Crippen LogP contribution >= 0.6 is 0 Å². The molecule has 4 aliphatic carbocycles. The van der Waals surface area contributed by atoms with E-state index in [0.717, 1.165) is 39.0 Å². The molecular weight excluding hydrogens is 847 g/mol. The highest BCUT2D eigenvalue weighted by atomic mass is 16.3. The van der Waals surface area contributed by atoms with Gasteiger partial charge in [0.05, 0.1) is 27.6 Å². The summed E-state index contributed by atoms with van der Waals surface area (Å²) in [5.41, 5.74) is 27.0. The molecule has 0 atom stereocenters. The summed E-state index contributed by atoms with van der Waals surface area (Å²) < 4.78 is 6.74. The van der Waals surface area contributed by atoms with E-state index >= 15 is 0 Å². The van der Waals surface area contributed by atoms with E-state index in [1.165, 1.54) is 100 Å². The number of hydrogen-bond acceptors (Lipinski definition) is 2. The van der Waals surface area contributed by atoms with Crippen LogP contribution in [-0.2, 0) is 10.8 Å². The van der Waals surface area contributed by atoms with Crippen molar-refractivity contribution in [2.75, 3.05) is 4.90 Å². The van der Waals surface area contributed by atoms with Gasteiger partial charge in [0.2, 0.25) is 0 Å². The molecule has 12 aromatic rings. The summed E-state index contributed by atoms with van der Waals surface area (Å²) in [5.74, 6) is 0. The van der Waals surface area contributed by atoms with Crippen LogP contribution in [0.25, 0.3) is 77.6 Å². The zero-order valence-corrected chi connectivity index (χ0v) is 38.0. The van der Waals surface area contributed by atoms with Gasteiger partial charge in [-0.15, -0.1) is 0 Å². The van der Waals surface area contributed by atoms with Crippen LogP contribution in [0.1, 0.15) is 44.5 Å². The molecule has 0 amide bonds. The summed E-state index contributed by atoms with van der Waals surface area (Å²) in [6.45, 7) is 0. The Morgan fingerprint density at radius 1 is 0.286 bits per heavy atom. The van der Waals surface area contributed by atoms with Crippen molar-refractivity contribution in [3.63, 3.8) is 0 Å². The largest absolute Gasteiger partial charge is 0.456 e. The molecule has 0 saturated carbocycles. The predicted molar refractivity (Wildman–Crippen MR) is 286 cm³/mol. The highest BCUT2D eigenvalue weighted by Gasteiger charge is 2.55. The molecule has 1 heterocycles. The van der Waals surface area contributed by atoms with Crippen molar-refractivity contribution in [3.05, 3.63) is 293 Å². The van der Waals surface area contributed by atoms with E-state index in [1.54, 1.807) is 0 Å². The monoisotopic (exact) mass is 887 g/mol. The average molecular weight is 888 g/mol. The molecule has 0 N–H and O–H groups in total. The molecule has 2 heteroatoms. The summed E-state index contributed by atoms with van der Waals surface area (Å²) in [7, 11) is 0. The number of rotatable bonds is 4. The molecule has 0 fully saturated rings. The molecule has 0 saturated heterocycles. The zero-order valence-electron chi connectivity index (χ0n) is 38.0. The second-order valence-electron chi connectivity index (χ2n) is 19.4. The minimum Gasteiger partial charge on any atom is -0.456 e. The van der Waals surface area contributed by atoms with Gasteiger partial charge >= 0.3 is 0 Å². The van der Waals surface area contributed by atoms with E-state index in [-0.39, 0.29) is 0 Å².